The molecule has 1 aliphatic carbocycles. The van der Waals surface area contributed by atoms with Crippen LogP contribution in [0.4, 0.5) is 0 Å². The third kappa shape index (κ3) is 4.00. The Bertz CT molecular complexity index is 414. The molecule has 0 aromatic carbocycles. The third-order valence-corrected chi connectivity index (χ3v) is 2.70. The molecule has 3 heteroatoms. The molecule has 0 atom stereocenters. The Balaban J connectivity index is 3.28. The van der Waals surface area contributed by atoms with E-state index in [2.05, 4.69) is 33.6 Å². The number of aliphatic imine (C=N–C) groups is 1. The third-order valence-electron chi connectivity index (χ3n) is 2.15. The fourth-order valence-corrected chi connectivity index (χ4v) is 1.88. The molecule has 0 aliphatic heterocycles. The summed E-state index contributed by atoms with van der Waals surface area (Å²) in [5.41, 5.74) is 1.84. The van der Waals surface area contributed by atoms with Crippen molar-refractivity contribution in [2.45, 2.75) is 33.3 Å². The van der Waals surface area contributed by atoms with Gasteiger partial charge in [-0.15, -0.1) is 0 Å². The van der Waals surface area contributed by atoms with E-state index in [-0.39, 0.29) is 6.10 Å². The Hall–Kier alpha value is -1.09. The lowest BCUT2D eigenvalue weighted by molar-refractivity contribution is 0.155. The summed E-state index contributed by atoms with van der Waals surface area (Å²) in [6.45, 7) is 9.73. The van der Waals surface area contributed by atoms with Crippen LogP contribution in [-0.2, 0) is 4.74 Å². The highest BCUT2D eigenvalue weighted by atomic mass is 79.9. The zero-order valence-corrected chi connectivity index (χ0v) is 12.1. The first kappa shape index (κ1) is 14.0. The molecule has 0 unspecified atom stereocenters. The second-order valence-electron chi connectivity index (χ2n) is 3.93. The van der Waals surface area contributed by atoms with Gasteiger partial charge in [-0.25, -0.2) is 0 Å². The van der Waals surface area contributed by atoms with Crippen LogP contribution in [0.5, 0.6) is 0 Å². The summed E-state index contributed by atoms with van der Waals surface area (Å²) in [5.74, 6) is 0.786. The van der Waals surface area contributed by atoms with Gasteiger partial charge in [0.25, 0.3) is 0 Å². The smallest absolute Gasteiger partial charge is 0.146 e. The average Bonchev–Trinajstić information content (AvgIpc) is 2.39. The fourth-order valence-electron chi connectivity index (χ4n) is 1.51. The molecule has 0 bridgehead atoms. The lowest BCUT2D eigenvalue weighted by Crippen LogP contribution is -2.03. The molecule has 92 valence electrons. The van der Waals surface area contributed by atoms with Gasteiger partial charge in [-0.3, -0.25) is 4.99 Å². The van der Waals surface area contributed by atoms with Gasteiger partial charge in [0.15, 0.2) is 0 Å². The van der Waals surface area contributed by atoms with E-state index in [1.165, 1.54) is 0 Å². The molecule has 0 aromatic rings. The second kappa shape index (κ2) is 6.60. The van der Waals surface area contributed by atoms with E-state index in [1.807, 2.05) is 32.9 Å². The highest BCUT2D eigenvalue weighted by Gasteiger charge is 2.13. The number of halogens is 1. The van der Waals surface area contributed by atoms with Gasteiger partial charge in [0.2, 0.25) is 0 Å². The molecule has 0 heterocycles. The van der Waals surface area contributed by atoms with Crippen LogP contribution in [0, 0.1) is 0 Å². The standard InChI is InChI=1S/C14H18BrNO/c1-5-11-7-8-12(15)9-13(17-10(3)4)14(11)16-6-2/h5-7,9-10H,1,8H2,2-4H3. The van der Waals surface area contributed by atoms with Gasteiger partial charge < -0.3 is 4.74 Å². The first-order chi connectivity index (χ1) is 8.08. The summed E-state index contributed by atoms with van der Waals surface area (Å²) in [4.78, 5) is 4.39. The van der Waals surface area contributed by atoms with Crippen molar-refractivity contribution in [3.05, 3.63) is 46.3 Å². The Kier molecular flexibility index (Phi) is 5.42. The van der Waals surface area contributed by atoms with Crippen LogP contribution in [0.2, 0.25) is 0 Å². The molecule has 0 aromatic heterocycles. The monoisotopic (exact) mass is 295 g/mol. The van der Waals surface area contributed by atoms with E-state index in [9.17, 15) is 0 Å². The number of nitrogens with zero attached hydrogens (tertiary/aromatic N) is 1. The first-order valence-corrected chi connectivity index (χ1v) is 6.46. The van der Waals surface area contributed by atoms with Gasteiger partial charge in [0.1, 0.15) is 11.5 Å². The Morgan fingerprint density at radius 2 is 2.24 bits per heavy atom. The first-order valence-electron chi connectivity index (χ1n) is 5.67. The quantitative estimate of drug-likeness (QED) is 0.699. The molecule has 0 amide bonds. The molecule has 0 spiro atoms. The van der Waals surface area contributed by atoms with Crippen molar-refractivity contribution in [3.8, 4) is 0 Å². The number of hydrogen-bond acceptors (Lipinski definition) is 2. The predicted octanol–water partition coefficient (Wildman–Crippen LogP) is 4.51. The van der Waals surface area contributed by atoms with Crippen LogP contribution < -0.4 is 0 Å². The molecular formula is C14H18BrNO. The van der Waals surface area contributed by atoms with E-state index < -0.39 is 0 Å². The molecule has 1 rings (SSSR count). The number of rotatable bonds is 4. The predicted molar refractivity (Wildman–Crippen MR) is 77.3 cm³/mol. The summed E-state index contributed by atoms with van der Waals surface area (Å²) >= 11 is 3.52. The second-order valence-corrected chi connectivity index (χ2v) is 4.94. The van der Waals surface area contributed by atoms with Gasteiger partial charge in [0, 0.05) is 10.7 Å². The molecule has 0 fully saturated rings. The minimum Gasteiger partial charge on any atom is -0.489 e. The number of ether oxygens (including phenoxy) is 1. The minimum atomic E-state index is 0.118. The van der Waals surface area contributed by atoms with Crippen LogP contribution in [-0.4, -0.2) is 12.3 Å². The zero-order chi connectivity index (χ0) is 12.8. The van der Waals surface area contributed by atoms with E-state index in [1.54, 1.807) is 6.21 Å². The molecule has 1 aliphatic rings. The average molecular weight is 296 g/mol. The summed E-state index contributed by atoms with van der Waals surface area (Å²) in [6.07, 6.45) is 8.60. The Labute approximate surface area is 112 Å². The van der Waals surface area contributed by atoms with E-state index in [0.717, 1.165) is 27.9 Å². The van der Waals surface area contributed by atoms with Crippen LogP contribution in [0.15, 0.2) is 51.3 Å². The largest absolute Gasteiger partial charge is 0.489 e. The molecule has 0 saturated heterocycles. The fraction of sp³-hybridized carbons (Fsp3) is 0.357. The van der Waals surface area contributed by atoms with Crippen molar-refractivity contribution >= 4 is 22.1 Å². The van der Waals surface area contributed by atoms with Crippen molar-refractivity contribution in [1.82, 2.24) is 0 Å². The van der Waals surface area contributed by atoms with Crippen molar-refractivity contribution in [2.75, 3.05) is 0 Å². The lowest BCUT2D eigenvalue weighted by Gasteiger charge is -2.13. The van der Waals surface area contributed by atoms with Gasteiger partial charge >= 0.3 is 0 Å². The number of hydrogen-bond donors (Lipinski definition) is 0. The van der Waals surface area contributed by atoms with Crippen LogP contribution in [0.1, 0.15) is 27.2 Å². The summed E-state index contributed by atoms with van der Waals surface area (Å²) in [5, 5.41) is 0. The maximum absolute atomic E-state index is 5.81. The molecule has 2 nitrogen and oxygen atoms in total. The summed E-state index contributed by atoms with van der Waals surface area (Å²) in [7, 11) is 0. The van der Waals surface area contributed by atoms with Crippen LogP contribution in [0.25, 0.3) is 0 Å². The highest BCUT2D eigenvalue weighted by molar-refractivity contribution is 9.11. The lowest BCUT2D eigenvalue weighted by atomic mass is 10.1. The van der Waals surface area contributed by atoms with Crippen molar-refractivity contribution < 1.29 is 4.74 Å². The van der Waals surface area contributed by atoms with Crippen molar-refractivity contribution in [1.29, 1.82) is 0 Å². The van der Waals surface area contributed by atoms with Gasteiger partial charge in [-0.1, -0.05) is 34.7 Å². The van der Waals surface area contributed by atoms with Crippen LogP contribution >= 0.6 is 15.9 Å². The maximum Gasteiger partial charge on any atom is 0.146 e. The zero-order valence-electron chi connectivity index (χ0n) is 10.5. The molecular weight excluding hydrogens is 278 g/mol. The normalized spacial score (nSPS) is 17.0. The van der Waals surface area contributed by atoms with E-state index in [0.29, 0.717) is 0 Å². The van der Waals surface area contributed by atoms with Crippen molar-refractivity contribution in [3.63, 3.8) is 0 Å². The molecule has 0 N–H and O–H groups in total. The Morgan fingerprint density at radius 1 is 1.53 bits per heavy atom. The number of allylic oxidation sites excluding steroid dienone is 4. The summed E-state index contributed by atoms with van der Waals surface area (Å²) in [6, 6.07) is 0. The topological polar surface area (TPSA) is 21.6 Å². The van der Waals surface area contributed by atoms with Gasteiger partial charge in [0.05, 0.1) is 6.10 Å². The SMILES string of the molecule is C=CC1=CCC(Br)=CC(OC(C)C)=C1N=CC. The van der Waals surface area contributed by atoms with E-state index >= 15 is 0 Å². The van der Waals surface area contributed by atoms with Gasteiger partial charge in [-0.2, -0.15) is 0 Å². The van der Waals surface area contributed by atoms with E-state index in [4.69, 9.17) is 4.74 Å². The van der Waals surface area contributed by atoms with Crippen molar-refractivity contribution in [2.24, 2.45) is 4.99 Å². The Morgan fingerprint density at radius 3 is 2.76 bits per heavy atom. The van der Waals surface area contributed by atoms with Crippen LogP contribution in [0.3, 0.4) is 0 Å². The molecule has 17 heavy (non-hydrogen) atoms. The summed E-state index contributed by atoms with van der Waals surface area (Å²) < 4.78 is 6.89. The highest BCUT2D eigenvalue weighted by Crippen LogP contribution is 2.28. The molecule has 0 radical (unpaired) electrons. The maximum atomic E-state index is 5.81. The van der Waals surface area contributed by atoms with Gasteiger partial charge in [-0.05, 0) is 38.8 Å². The minimum absolute atomic E-state index is 0.118. The molecule has 0 saturated carbocycles.